The van der Waals surface area contributed by atoms with Crippen LogP contribution in [0.5, 0.6) is 0 Å². The molecule has 5 heteroatoms. The minimum absolute atomic E-state index is 0.307. The van der Waals surface area contributed by atoms with Gasteiger partial charge in [-0.2, -0.15) is 0 Å². The van der Waals surface area contributed by atoms with Crippen molar-refractivity contribution in [2.75, 3.05) is 11.5 Å². The van der Waals surface area contributed by atoms with Crippen molar-refractivity contribution in [2.45, 2.75) is 39.0 Å². The lowest BCUT2D eigenvalue weighted by molar-refractivity contribution is -0.141. The van der Waals surface area contributed by atoms with Crippen molar-refractivity contribution in [2.24, 2.45) is 0 Å². The van der Waals surface area contributed by atoms with Gasteiger partial charge in [-0.1, -0.05) is 48.4 Å². The summed E-state index contributed by atoms with van der Waals surface area (Å²) in [5.41, 5.74) is 0.634. The number of esters is 1. The number of alkyl halides is 1. The summed E-state index contributed by atoms with van der Waals surface area (Å²) in [5, 5.41) is 0. The second kappa shape index (κ2) is 11.7. The van der Waals surface area contributed by atoms with Crippen LogP contribution in [-0.4, -0.2) is 17.5 Å². The van der Waals surface area contributed by atoms with E-state index in [9.17, 15) is 9.18 Å². The molecular formula is C15H21FI2O2. The molecule has 114 valence electrons. The number of ether oxygens (including phenoxy) is 1. The van der Waals surface area contributed by atoms with Gasteiger partial charge >= 0.3 is 5.97 Å². The highest BCUT2D eigenvalue weighted by atomic mass is 127. The lowest BCUT2D eigenvalue weighted by Gasteiger charge is -2.09. The lowest BCUT2D eigenvalue weighted by Crippen LogP contribution is -2.11. The molecule has 0 bridgehead atoms. The third-order valence-electron chi connectivity index (χ3n) is 2.74. The number of carbonyl (C=O) groups is 1. The van der Waals surface area contributed by atoms with Crippen molar-refractivity contribution in [3.8, 4) is 0 Å². The van der Waals surface area contributed by atoms with Crippen LogP contribution in [0.1, 0.15) is 44.6 Å². The van der Waals surface area contributed by atoms with Gasteiger partial charge in [0.1, 0.15) is 5.82 Å². The molecule has 0 fully saturated rings. The number of unbranched alkanes of at least 4 members (excludes halogenated alkanes) is 2. The SMILES string of the molecule is CCCCCI.COC(=O)C(C)c1ccc(I)c(F)c1. The van der Waals surface area contributed by atoms with Crippen LogP contribution in [0, 0.1) is 9.39 Å². The Balaban J connectivity index is 0.000000511. The van der Waals surface area contributed by atoms with E-state index in [1.807, 2.05) is 22.6 Å². The first-order valence-corrected chi connectivity index (χ1v) is 9.17. The maximum Gasteiger partial charge on any atom is 0.312 e. The molecule has 0 saturated carbocycles. The Morgan fingerprint density at radius 3 is 2.45 bits per heavy atom. The smallest absolute Gasteiger partial charge is 0.312 e. The molecule has 0 spiro atoms. The maximum absolute atomic E-state index is 13.1. The monoisotopic (exact) mass is 506 g/mol. The molecule has 0 radical (unpaired) electrons. The molecule has 0 N–H and O–H groups in total. The molecule has 0 aliphatic heterocycles. The Kier molecular flexibility index (Phi) is 11.8. The summed E-state index contributed by atoms with van der Waals surface area (Å²) in [5.74, 6) is -1.09. The van der Waals surface area contributed by atoms with E-state index in [0.717, 1.165) is 0 Å². The van der Waals surface area contributed by atoms with Crippen molar-refractivity contribution in [1.29, 1.82) is 0 Å². The average Bonchev–Trinajstić information content (AvgIpc) is 2.47. The van der Waals surface area contributed by atoms with Crippen LogP contribution in [-0.2, 0) is 9.53 Å². The number of rotatable bonds is 5. The van der Waals surface area contributed by atoms with Gasteiger partial charge < -0.3 is 4.74 Å². The van der Waals surface area contributed by atoms with E-state index in [-0.39, 0.29) is 11.8 Å². The molecule has 1 atom stereocenters. The van der Waals surface area contributed by atoms with Gasteiger partial charge in [0.2, 0.25) is 0 Å². The standard InChI is InChI=1S/C10H10FIO2.C5H11I/c1-6(10(13)14-2)7-3-4-9(12)8(11)5-7;1-2-3-4-5-6/h3-6H,1-2H3;2-5H2,1H3. The second-order valence-electron chi connectivity index (χ2n) is 4.31. The Morgan fingerprint density at radius 1 is 1.40 bits per heavy atom. The number of hydrogen-bond acceptors (Lipinski definition) is 2. The van der Waals surface area contributed by atoms with Crippen molar-refractivity contribution in [1.82, 2.24) is 0 Å². The number of methoxy groups -OCH3 is 1. The number of halogens is 3. The van der Waals surface area contributed by atoms with E-state index in [1.54, 1.807) is 19.1 Å². The van der Waals surface area contributed by atoms with Gasteiger partial charge in [0.25, 0.3) is 0 Å². The van der Waals surface area contributed by atoms with E-state index in [1.165, 1.54) is 36.9 Å². The topological polar surface area (TPSA) is 26.3 Å². The van der Waals surface area contributed by atoms with Crippen LogP contribution in [0.15, 0.2) is 18.2 Å². The van der Waals surface area contributed by atoms with Crippen LogP contribution >= 0.6 is 45.2 Å². The van der Waals surface area contributed by atoms with Crippen LogP contribution in [0.2, 0.25) is 0 Å². The predicted molar refractivity (Wildman–Crippen MR) is 98.0 cm³/mol. The van der Waals surface area contributed by atoms with Gasteiger partial charge in [0.05, 0.1) is 13.0 Å². The summed E-state index contributed by atoms with van der Waals surface area (Å²) in [4.78, 5) is 11.2. The van der Waals surface area contributed by atoms with Gasteiger partial charge in [-0.25, -0.2) is 4.39 Å². The average molecular weight is 506 g/mol. The zero-order valence-corrected chi connectivity index (χ0v) is 16.4. The van der Waals surface area contributed by atoms with E-state index >= 15 is 0 Å². The van der Waals surface area contributed by atoms with E-state index in [2.05, 4.69) is 34.3 Å². The van der Waals surface area contributed by atoms with Crippen LogP contribution in [0.25, 0.3) is 0 Å². The fourth-order valence-electron chi connectivity index (χ4n) is 1.44. The molecule has 0 aromatic heterocycles. The Hall–Kier alpha value is 0.0800. The molecule has 0 saturated heterocycles. The molecule has 0 aliphatic carbocycles. The number of hydrogen-bond donors (Lipinski definition) is 0. The van der Waals surface area contributed by atoms with Gasteiger partial charge in [-0.3, -0.25) is 4.79 Å². The molecular weight excluding hydrogens is 485 g/mol. The minimum Gasteiger partial charge on any atom is -0.469 e. The molecule has 0 heterocycles. The van der Waals surface area contributed by atoms with Crippen LogP contribution < -0.4 is 0 Å². The Labute approximate surface area is 148 Å². The molecule has 2 nitrogen and oxygen atoms in total. The van der Waals surface area contributed by atoms with Crippen LogP contribution in [0.3, 0.4) is 0 Å². The minimum atomic E-state index is -0.425. The molecule has 20 heavy (non-hydrogen) atoms. The Morgan fingerprint density at radius 2 is 2.05 bits per heavy atom. The fraction of sp³-hybridized carbons (Fsp3) is 0.533. The van der Waals surface area contributed by atoms with E-state index < -0.39 is 5.92 Å². The van der Waals surface area contributed by atoms with Gasteiger partial charge in [0, 0.05) is 3.57 Å². The molecule has 1 aromatic carbocycles. The van der Waals surface area contributed by atoms with Gasteiger partial charge in [0.15, 0.2) is 0 Å². The van der Waals surface area contributed by atoms with E-state index in [4.69, 9.17) is 0 Å². The normalized spacial score (nSPS) is 11.3. The lowest BCUT2D eigenvalue weighted by atomic mass is 10.0. The van der Waals surface area contributed by atoms with Gasteiger partial charge in [-0.15, -0.1) is 0 Å². The molecule has 0 amide bonds. The first-order valence-electron chi connectivity index (χ1n) is 6.56. The third kappa shape index (κ3) is 7.75. The van der Waals surface area contributed by atoms with Crippen molar-refractivity contribution in [3.63, 3.8) is 0 Å². The highest BCUT2D eigenvalue weighted by molar-refractivity contribution is 14.1. The van der Waals surface area contributed by atoms with Crippen molar-refractivity contribution in [3.05, 3.63) is 33.1 Å². The largest absolute Gasteiger partial charge is 0.469 e. The molecule has 1 aromatic rings. The molecule has 1 unspecified atom stereocenters. The summed E-state index contributed by atoms with van der Waals surface area (Å²) in [6.45, 7) is 3.92. The first-order chi connectivity index (χ1) is 9.47. The summed E-state index contributed by atoms with van der Waals surface area (Å²) in [6.07, 6.45) is 4.16. The number of carbonyl (C=O) groups excluding carboxylic acids is 1. The Bertz CT molecular complexity index is 407. The molecule has 0 aliphatic rings. The van der Waals surface area contributed by atoms with Gasteiger partial charge in [-0.05, 0) is 58.1 Å². The fourth-order valence-corrected chi connectivity index (χ4v) is 2.31. The summed E-state index contributed by atoms with van der Waals surface area (Å²) >= 11 is 4.31. The summed E-state index contributed by atoms with van der Waals surface area (Å²) in [7, 11) is 1.32. The maximum atomic E-state index is 13.1. The highest BCUT2D eigenvalue weighted by Gasteiger charge is 2.16. The highest BCUT2D eigenvalue weighted by Crippen LogP contribution is 2.20. The van der Waals surface area contributed by atoms with E-state index in [0.29, 0.717) is 9.13 Å². The van der Waals surface area contributed by atoms with Crippen LogP contribution in [0.4, 0.5) is 4.39 Å². The summed E-state index contributed by atoms with van der Waals surface area (Å²) in [6, 6.07) is 4.74. The zero-order valence-electron chi connectivity index (χ0n) is 12.1. The summed E-state index contributed by atoms with van der Waals surface area (Å²) < 4.78 is 19.6. The second-order valence-corrected chi connectivity index (χ2v) is 6.56. The van der Waals surface area contributed by atoms with Crippen molar-refractivity contribution >= 4 is 51.2 Å². The third-order valence-corrected chi connectivity index (χ3v) is 4.37. The predicted octanol–water partition coefficient (Wildman–Crippen LogP) is 5.32. The van der Waals surface area contributed by atoms with Crippen molar-refractivity contribution < 1.29 is 13.9 Å². The zero-order chi connectivity index (χ0) is 15.5. The number of benzene rings is 1. The molecule has 1 rings (SSSR count). The quantitative estimate of drug-likeness (QED) is 0.234. The first kappa shape index (κ1) is 20.1.